The number of anilines is 3. The van der Waals surface area contributed by atoms with Gasteiger partial charge in [0.1, 0.15) is 11.3 Å². The van der Waals surface area contributed by atoms with Gasteiger partial charge in [-0.3, -0.25) is 9.52 Å². The summed E-state index contributed by atoms with van der Waals surface area (Å²) in [6.45, 7) is 3.25. The molecule has 2 saturated carbocycles. The number of piperidine rings is 1. The molecule has 2 aromatic carbocycles. The predicted octanol–water partition coefficient (Wildman–Crippen LogP) is 4.53. The van der Waals surface area contributed by atoms with E-state index in [0.717, 1.165) is 54.0 Å². The Balaban J connectivity index is 1.23. The third-order valence-electron chi connectivity index (χ3n) is 9.35. The molecule has 7 rings (SSSR count). The first-order valence-corrected chi connectivity index (χ1v) is 15.7. The fraction of sp³-hybridized carbons (Fsp3) is 0.517. The summed E-state index contributed by atoms with van der Waals surface area (Å²) in [6.07, 6.45) is 8.24. The summed E-state index contributed by atoms with van der Waals surface area (Å²) in [5, 5.41) is 12.3. The molecule has 2 bridgehead atoms. The molecule has 9 nitrogen and oxygen atoms in total. The minimum Gasteiger partial charge on any atom is -0.395 e. The molecule has 1 amide bonds. The Labute approximate surface area is 228 Å². The van der Waals surface area contributed by atoms with Crippen LogP contribution >= 0.6 is 0 Å². The van der Waals surface area contributed by atoms with Crippen molar-refractivity contribution in [2.75, 3.05) is 40.4 Å². The number of rotatable bonds is 7. The number of imidazole rings is 1. The second-order valence-corrected chi connectivity index (χ2v) is 13.8. The minimum absolute atomic E-state index is 0.232. The van der Waals surface area contributed by atoms with Gasteiger partial charge in [0.25, 0.3) is 5.91 Å². The van der Waals surface area contributed by atoms with Gasteiger partial charge in [0.2, 0.25) is 10.0 Å². The SMILES string of the molecule is Cc1cc(NC(=O)c2ccc(NS(=O)(=O)CCO)cc2N2CCC3(CC2)CC3)c2nc3n(c2c1)[C@H]1CC[C@@H]3C1. The Morgan fingerprint density at radius 2 is 1.92 bits per heavy atom. The third-order valence-corrected chi connectivity index (χ3v) is 10.6. The largest absolute Gasteiger partial charge is 0.395 e. The lowest BCUT2D eigenvalue weighted by atomic mass is 9.93. The van der Waals surface area contributed by atoms with Crippen LogP contribution in [0.15, 0.2) is 30.3 Å². The molecule has 206 valence electrons. The van der Waals surface area contributed by atoms with Crippen molar-refractivity contribution in [3.8, 4) is 0 Å². The highest BCUT2D eigenvalue weighted by Gasteiger charge is 2.45. The van der Waals surface area contributed by atoms with Crippen LogP contribution in [0, 0.1) is 12.3 Å². The van der Waals surface area contributed by atoms with Gasteiger partial charge in [-0.25, -0.2) is 13.4 Å². The van der Waals surface area contributed by atoms with Gasteiger partial charge in [-0.2, -0.15) is 0 Å². The molecule has 1 aromatic heterocycles. The van der Waals surface area contributed by atoms with Crippen molar-refractivity contribution >= 4 is 44.0 Å². The number of carbonyl (C=O) groups is 1. The van der Waals surface area contributed by atoms with E-state index in [9.17, 15) is 13.2 Å². The smallest absolute Gasteiger partial charge is 0.257 e. The van der Waals surface area contributed by atoms with Crippen LogP contribution in [0.1, 0.15) is 78.7 Å². The highest BCUT2D eigenvalue weighted by atomic mass is 32.2. The second-order valence-electron chi connectivity index (χ2n) is 12.0. The molecule has 2 aliphatic carbocycles. The molecule has 39 heavy (non-hydrogen) atoms. The Hall–Kier alpha value is -3.11. The molecule has 2 atom stereocenters. The van der Waals surface area contributed by atoms with E-state index < -0.39 is 16.6 Å². The highest BCUT2D eigenvalue weighted by Crippen LogP contribution is 2.54. The third kappa shape index (κ3) is 4.37. The van der Waals surface area contributed by atoms with Crippen LogP contribution in [-0.2, 0) is 10.0 Å². The van der Waals surface area contributed by atoms with E-state index in [4.69, 9.17) is 10.1 Å². The number of amides is 1. The summed E-state index contributed by atoms with van der Waals surface area (Å²) in [5.41, 5.74) is 5.80. The Morgan fingerprint density at radius 1 is 1.13 bits per heavy atom. The molecule has 1 saturated heterocycles. The lowest BCUT2D eigenvalue weighted by molar-refractivity contribution is 0.102. The van der Waals surface area contributed by atoms with Gasteiger partial charge in [0, 0.05) is 25.0 Å². The van der Waals surface area contributed by atoms with Crippen LogP contribution in [0.5, 0.6) is 0 Å². The van der Waals surface area contributed by atoms with Crippen LogP contribution in [0.3, 0.4) is 0 Å². The highest BCUT2D eigenvalue weighted by molar-refractivity contribution is 7.92. The zero-order chi connectivity index (χ0) is 26.9. The van der Waals surface area contributed by atoms with Crippen molar-refractivity contribution in [2.24, 2.45) is 5.41 Å². The first-order valence-electron chi connectivity index (χ1n) is 14.1. The number of benzene rings is 2. The van der Waals surface area contributed by atoms with Crippen LogP contribution in [0.2, 0.25) is 0 Å². The lowest BCUT2D eigenvalue weighted by Gasteiger charge is -2.35. The van der Waals surface area contributed by atoms with Crippen molar-refractivity contribution in [2.45, 2.75) is 63.8 Å². The zero-order valence-electron chi connectivity index (χ0n) is 22.2. The maximum Gasteiger partial charge on any atom is 0.257 e. The molecular formula is C29H35N5O4S. The molecule has 1 spiro atoms. The number of aliphatic hydroxyl groups is 1. The van der Waals surface area contributed by atoms with E-state index in [1.807, 2.05) is 13.0 Å². The topological polar surface area (TPSA) is 117 Å². The maximum atomic E-state index is 13.8. The number of aromatic nitrogens is 2. The molecule has 3 fully saturated rings. The van der Waals surface area contributed by atoms with Crippen LogP contribution in [0.4, 0.5) is 17.1 Å². The monoisotopic (exact) mass is 549 g/mol. The summed E-state index contributed by atoms with van der Waals surface area (Å²) in [5.74, 6) is 1.04. The van der Waals surface area contributed by atoms with Crippen LogP contribution in [-0.4, -0.2) is 54.4 Å². The first kappa shape index (κ1) is 24.9. The van der Waals surface area contributed by atoms with Crippen molar-refractivity contribution in [1.82, 2.24) is 9.55 Å². The van der Waals surface area contributed by atoms with Gasteiger partial charge >= 0.3 is 0 Å². The quantitative estimate of drug-likeness (QED) is 0.399. The van der Waals surface area contributed by atoms with Crippen molar-refractivity contribution in [3.63, 3.8) is 0 Å². The number of aliphatic hydroxyl groups excluding tert-OH is 1. The van der Waals surface area contributed by atoms with Crippen LogP contribution in [0.25, 0.3) is 11.0 Å². The van der Waals surface area contributed by atoms with Gasteiger partial charge in [0.15, 0.2) is 0 Å². The van der Waals surface area contributed by atoms with E-state index in [2.05, 4.69) is 25.6 Å². The van der Waals surface area contributed by atoms with Gasteiger partial charge in [0.05, 0.1) is 40.5 Å². The van der Waals surface area contributed by atoms with Crippen molar-refractivity contribution in [3.05, 3.63) is 47.3 Å². The number of fused-ring (bicyclic) bond motifs is 7. The van der Waals surface area contributed by atoms with E-state index in [1.54, 1.807) is 18.2 Å². The Kier molecular flexibility index (Phi) is 5.72. The van der Waals surface area contributed by atoms with Crippen molar-refractivity contribution in [1.29, 1.82) is 0 Å². The number of carbonyl (C=O) groups excluding carboxylic acids is 1. The van der Waals surface area contributed by atoms with Crippen LogP contribution < -0.4 is 14.9 Å². The summed E-state index contributed by atoms with van der Waals surface area (Å²) in [6, 6.07) is 9.73. The fourth-order valence-electron chi connectivity index (χ4n) is 7.03. The normalized spacial score (nSPS) is 22.9. The molecule has 0 unspecified atom stereocenters. The number of hydrogen-bond donors (Lipinski definition) is 3. The van der Waals surface area contributed by atoms with E-state index in [1.165, 1.54) is 32.1 Å². The molecule has 10 heteroatoms. The van der Waals surface area contributed by atoms with Gasteiger partial charge in [-0.15, -0.1) is 0 Å². The summed E-state index contributed by atoms with van der Waals surface area (Å²) >= 11 is 0. The summed E-state index contributed by atoms with van der Waals surface area (Å²) in [7, 11) is -3.68. The molecule has 0 radical (unpaired) electrons. The molecule has 4 aliphatic rings. The molecule has 2 aliphatic heterocycles. The first-order chi connectivity index (χ1) is 18.7. The molecule has 3 aromatic rings. The standard InChI is InChI=1S/C29H35N5O4S/c1-18-14-23(26-25(15-18)34-21-4-2-19(16-21)27(34)31-26)30-28(36)22-5-3-20(32-39(37,38)13-12-35)17-24(22)33-10-8-29(6-7-29)9-11-33/h3,5,14-15,17,19,21,32,35H,2,4,6-13,16H2,1H3,(H,30,36)/t19-,21+/m1/s1. The second kappa shape index (κ2) is 8.96. The summed E-state index contributed by atoms with van der Waals surface area (Å²) in [4.78, 5) is 21.1. The Morgan fingerprint density at radius 3 is 2.67 bits per heavy atom. The zero-order valence-corrected chi connectivity index (χ0v) is 23.1. The molecular weight excluding hydrogens is 514 g/mol. The van der Waals surface area contributed by atoms with E-state index >= 15 is 0 Å². The minimum atomic E-state index is -3.68. The van der Waals surface area contributed by atoms with Crippen molar-refractivity contribution < 1.29 is 18.3 Å². The maximum absolute atomic E-state index is 13.8. The number of sulfonamides is 1. The molecule has 3 heterocycles. The molecule has 3 N–H and O–H groups in total. The number of hydrogen-bond acceptors (Lipinski definition) is 6. The predicted molar refractivity (Wildman–Crippen MR) is 152 cm³/mol. The Bertz CT molecular complexity index is 1580. The van der Waals surface area contributed by atoms with E-state index in [0.29, 0.717) is 34.3 Å². The summed E-state index contributed by atoms with van der Waals surface area (Å²) < 4.78 is 29.6. The fourth-order valence-corrected chi connectivity index (χ4v) is 7.86. The number of nitrogens with zero attached hydrogens (tertiary/aromatic N) is 3. The van der Waals surface area contributed by atoms with E-state index in [-0.39, 0.29) is 11.7 Å². The van der Waals surface area contributed by atoms with Gasteiger partial charge in [-0.1, -0.05) is 0 Å². The number of aryl methyl sites for hydroxylation is 1. The van der Waals surface area contributed by atoms with Gasteiger partial charge < -0.3 is 19.9 Å². The average molecular weight is 550 g/mol. The average Bonchev–Trinajstić information content (AvgIpc) is 3.22. The van der Waals surface area contributed by atoms with Gasteiger partial charge in [-0.05, 0) is 93.2 Å². The lowest BCUT2D eigenvalue weighted by Crippen LogP contribution is -2.35. The number of nitrogens with one attached hydrogen (secondary N) is 2.